The molecule has 3 rings (SSSR count). The Morgan fingerprint density at radius 3 is 2.49 bits per heavy atom. The summed E-state index contributed by atoms with van der Waals surface area (Å²) in [6.45, 7) is 10.9. The summed E-state index contributed by atoms with van der Waals surface area (Å²) in [5.41, 5.74) is -0.201. The minimum Gasteiger partial charge on any atom is -0.464 e. The van der Waals surface area contributed by atoms with Gasteiger partial charge in [-0.1, -0.05) is 57.7 Å². The second-order valence-corrected chi connectivity index (χ2v) is 12.8. The van der Waals surface area contributed by atoms with Crippen LogP contribution in [0.2, 0.25) is 0 Å². The number of para-hydroxylation sites is 1. The van der Waals surface area contributed by atoms with Crippen molar-refractivity contribution in [2.75, 3.05) is 13.2 Å². The molecule has 0 saturated carbocycles. The lowest BCUT2D eigenvalue weighted by Gasteiger charge is -2.27. The van der Waals surface area contributed by atoms with Crippen molar-refractivity contribution in [3.05, 3.63) is 77.7 Å². The standard InChI is InChI=1S/C27H31FNO6PS/c1-6-14-33-26(31)23-16-20-15-19(12-13-22(20)37-23)24(28)36(32,35-21-10-8-7-9-11-21)29-18(2)25(30)34-17-27(3,4)5/h6-13,15-16,18,24H,1,14,17H2,2-5H3,(H,29,32)/t18?,24-,36?/m1/s1. The molecular weight excluding hydrogens is 516 g/mol. The second kappa shape index (κ2) is 12.0. The van der Waals surface area contributed by atoms with Crippen LogP contribution in [-0.2, 0) is 18.8 Å². The van der Waals surface area contributed by atoms with E-state index in [2.05, 4.69) is 11.7 Å². The number of hydrogen-bond donors (Lipinski definition) is 1. The first-order chi connectivity index (χ1) is 17.4. The first-order valence-corrected chi connectivity index (χ1v) is 14.2. The molecule has 3 atom stereocenters. The van der Waals surface area contributed by atoms with Gasteiger partial charge in [0, 0.05) is 4.70 Å². The number of ether oxygens (including phenoxy) is 2. The first-order valence-electron chi connectivity index (χ1n) is 11.7. The summed E-state index contributed by atoms with van der Waals surface area (Å²) < 4.78 is 46.8. The van der Waals surface area contributed by atoms with Gasteiger partial charge in [0.25, 0.3) is 0 Å². The van der Waals surface area contributed by atoms with E-state index >= 15 is 4.39 Å². The molecule has 2 unspecified atom stereocenters. The lowest BCUT2D eigenvalue weighted by molar-refractivity contribution is -0.148. The molecular formula is C27H31FNO6PS. The Hall–Kier alpha value is -3.00. The summed E-state index contributed by atoms with van der Waals surface area (Å²) >= 11 is 1.20. The van der Waals surface area contributed by atoms with Crippen molar-refractivity contribution in [1.82, 2.24) is 5.09 Å². The summed E-state index contributed by atoms with van der Waals surface area (Å²) in [5, 5.41) is 3.16. The Bertz CT molecular complexity index is 1300. The minimum atomic E-state index is -4.35. The van der Waals surface area contributed by atoms with Gasteiger partial charge in [0.1, 0.15) is 23.3 Å². The van der Waals surface area contributed by atoms with Crippen LogP contribution in [0.5, 0.6) is 5.75 Å². The van der Waals surface area contributed by atoms with Crippen molar-refractivity contribution in [3.63, 3.8) is 0 Å². The van der Waals surface area contributed by atoms with E-state index in [9.17, 15) is 14.2 Å². The van der Waals surface area contributed by atoms with E-state index in [1.165, 1.54) is 36.5 Å². The summed E-state index contributed by atoms with van der Waals surface area (Å²) in [5.74, 6) is -3.12. The Labute approximate surface area is 220 Å². The summed E-state index contributed by atoms with van der Waals surface area (Å²) in [6, 6.07) is 13.3. The average Bonchev–Trinajstić information content (AvgIpc) is 3.29. The molecule has 0 saturated heterocycles. The van der Waals surface area contributed by atoms with Gasteiger partial charge in [-0.3, -0.25) is 9.36 Å². The zero-order valence-corrected chi connectivity index (χ0v) is 22.9. The minimum absolute atomic E-state index is 0.0679. The fraction of sp³-hybridized carbons (Fsp3) is 0.333. The van der Waals surface area contributed by atoms with E-state index in [4.69, 9.17) is 14.0 Å². The van der Waals surface area contributed by atoms with Crippen LogP contribution >= 0.6 is 18.9 Å². The maximum atomic E-state index is 16.0. The highest BCUT2D eigenvalue weighted by molar-refractivity contribution is 7.57. The van der Waals surface area contributed by atoms with Gasteiger partial charge in [-0.15, -0.1) is 11.3 Å². The van der Waals surface area contributed by atoms with Gasteiger partial charge in [-0.05, 0) is 53.6 Å². The summed E-state index contributed by atoms with van der Waals surface area (Å²) in [7, 11) is -4.35. The lowest BCUT2D eigenvalue weighted by Crippen LogP contribution is -2.36. The predicted molar refractivity (Wildman–Crippen MR) is 144 cm³/mol. The molecule has 7 nitrogen and oxygen atoms in total. The third-order valence-corrected chi connectivity index (χ3v) is 8.23. The van der Waals surface area contributed by atoms with E-state index in [0.29, 0.717) is 10.3 Å². The molecule has 0 aliphatic carbocycles. The molecule has 0 radical (unpaired) electrons. The zero-order chi connectivity index (χ0) is 27.2. The Balaban J connectivity index is 1.89. The van der Waals surface area contributed by atoms with Crippen LogP contribution in [-0.4, -0.2) is 31.2 Å². The highest BCUT2D eigenvalue weighted by Gasteiger charge is 2.41. The van der Waals surface area contributed by atoms with Gasteiger partial charge in [0.05, 0.1) is 6.61 Å². The van der Waals surface area contributed by atoms with Crippen molar-refractivity contribution < 1.29 is 32.5 Å². The number of esters is 2. The maximum Gasteiger partial charge on any atom is 0.355 e. The highest BCUT2D eigenvalue weighted by atomic mass is 32.1. The Kier molecular flexibility index (Phi) is 9.29. The number of carbonyl (C=O) groups excluding carboxylic acids is 2. The molecule has 0 amide bonds. The first kappa shape index (κ1) is 28.6. The predicted octanol–water partition coefficient (Wildman–Crippen LogP) is 7.05. The van der Waals surface area contributed by atoms with Crippen LogP contribution in [0.3, 0.4) is 0 Å². The van der Waals surface area contributed by atoms with E-state index in [1.54, 1.807) is 42.5 Å². The van der Waals surface area contributed by atoms with Crippen molar-refractivity contribution in [2.24, 2.45) is 5.41 Å². The van der Waals surface area contributed by atoms with Crippen molar-refractivity contribution >= 4 is 40.9 Å². The van der Waals surface area contributed by atoms with Crippen LogP contribution in [0.25, 0.3) is 10.1 Å². The maximum absolute atomic E-state index is 16.0. The van der Waals surface area contributed by atoms with E-state index in [-0.39, 0.29) is 29.9 Å². The van der Waals surface area contributed by atoms with E-state index in [1.807, 2.05) is 20.8 Å². The van der Waals surface area contributed by atoms with Crippen LogP contribution < -0.4 is 9.61 Å². The number of rotatable bonds is 11. The number of benzene rings is 2. The molecule has 3 aromatic rings. The van der Waals surface area contributed by atoms with Crippen molar-refractivity contribution in [3.8, 4) is 5.75 Å². The molecule has 1 aromatic heterocycles. The topological polar surface area (TPSA) is 90.9 Å². The number of hydrogen-bond acceptors (Lipinski definition) is 7. The Morgan fingerprint density at radius 2 is 1.84 bits per heavy atom. The van der Waals surface area contributed by atoms with Gasteiger partial charge in [-0.25, -0.2) is 14.3 Å². The molecule has 0 aliphatic heterocycles. The van der Waals surface area contributed by atoms with Crippen molar-refractivity contribution in [1.29, 1.82) is 0 Å². The summed E-state index contributed by atoms with van der Waals surface area (Å²) in [4.78, 5) is 25.1. The van der Waals surface area contributed by atoms with E-state index in [0.717, 1.165) is 4.70 Å². The quantitative estimate of drug-likeness (QED) is 0.156. The monoisotopic (exact) mass is 547 g/mol. The third kappa shape index (κ3) is 7.74. The average molecular weight is 548 g/mol. The second-order valence-electron chi connectivity index (χ2n) is 9.65. The lowest BCUT2D eigenvalue weighted by atomic mass is 9.99. The normalized spacial score (nSPS) is 14.8. The number of fused-ring (bicyclic) bond motifs is 1. The van der Waals surface area contributed by atoms with Gasteiger partial charge < -0.3 is 14.0 Å². The van der Waals surface area contributed by atoms with Gasteiger partial charge in [0.2, 0.25) is 5.91 Å². The fourth-order valence-electron chi connectivity index (χ4n) is 3.22. The molecule has 1 N–H and O–H groups in total. The number of alkyl halides is 1. The number of nitrogens with one attached hydrogen (secondary N) is 1. The van der Waals surface area contributed by atoms with Gasteiger partial charge >= 0.3 is 19.5 Å². The fourth-order valence-corrected chi connectivity index (χ4v) is 6.07. The number of halogens is 1. The number of carbonyl (C=O) groups is 2. The zero-order valence-electron chi connectivity index (χ0n) is 21.2. The van der Waals surface area contributed by atoms with Gasteiger partial charge in [0.15, 0.2) is 0 Å². The van der Waals surface area contributed by atoms with Crippen LogP contribution in [0, 0.1) is 5.41 Å². The Morgan fingerprint density at radius 1 is 1.14 bits per heavy atom. The molecule has 0 bridgehead atoms. The molecule has 37 heavy (non-hydrogen) atoms. The number of thiophene rings is 1. The molecule has 10 heteroatoms. The summed E-state index contributed by atoms with van der Waals surface area (Å²) in [6.07, 6.45) is 1.47. The van der Waals surface area contributed by atoms with Crippen LogP contribution in [0.4, 0.5) is 4.39 Å². The molecule has 0 spiro atoms. The molecule has 0 fully saturated rings. The van der Waals surface area contributed by atoms with Crippen LogP contribution in [0.15, 0.2) is 67.3 Å². The van der Waals surface area contributed by atoms with E-state index < -0.39 is 31.4 Å². The molecule has 0 aliphatic rings. The molecule has 1 heterocycles. The van der Waals surface area contributed by atoms with Crippen molar-refractivity contribution in [2.45, 2.75) is 39.6 Å². The molecule has 2 aromatic carbocycles. The third-order valence-electron chi connectivity index (χ3n) is 5.01. The largest absolute Gasteiger partial charge is 0.464 e. The van der Waals surface area contributed by atoms with Crippen LogP contribution in [0.1, 0.15) is 48.8 Å². The smallest absolute Gasteiger partial charge is 0.355 e. The van der Waals surface area contributed by atoms with Gasteiger partial charge in [-0.2, -0.15) is 0 Å². The molecule has 198 valence electrons. The highest BCUT2D eigenvalue weighted by Crippen LogP contribution is 2.58. The SMILES string of the molecule is C=CCOC(=O)c1cc2cc([C@H](F)P(=O)(NC(C)C(=O)OCC(C)(C)C)Oc3ccccc3)ccc2s1.